The van der Waals surface area contributed by atoms with Crippen LogP contribution in [0.5, 0.6) is 0 Å². The summed E-state index contributed by atoms with van der Waals surface area (Å²) in [6, 6.07) is 0. The van der Waals surface area contributed by atoms with Gasteiger partial charge in [0.15, 0.2) is 0 Å². The Balaban J connectivity index is 5.24. The van der Waals surface area contributed by atoms with Crippen molar-refractivity contribution in [2.45, 2.75) is 40.5 Å². The van der Waals surface area contributed by atoms with E-state index in [9.17, 15) is 9.59 Å². The van der Waals surface area contributed by atoms with Crippen molar-refractivity contribution in [2.24, 2.45) is 11.7 Å². The van der Waals surface area contributed by atoms with Crippen molar-refractivity contribution in [3.8, 4) is 0 Å². The molecule has 0 unspecified atom stereocenters. The van der Waals surface area contributed by atoms with E-state index >= 15 is 0 Å². The van der Waals surface area contributed by atoms with E-state index in [1.54, 1.807) is 0 Å². The monoisotopic (exact) mass is 254 g/mol. The summed E-state index contributed by atoms with van der Waals surface area (Å²) in [5.41, 5.74) is 7.37. The average molecular weight is 254 g/mol. The normalized spacial score (nSPS) is 9.44. The van der Waals surface area contributed by atoms with Crippen LogP contribution < -0.4 is 22.5 Å². The lowest BCUT2D eigenvalue weighted by molar-refractivity contribution is -0.121. The quantitative estimate of drug-likeness (QED) is 0.187. The molecule has 6 N–H and O–H groups in total. The Morgan fingerprint density at radius 1 is 0.889 bits per heavy atom. The highest BCUT2D eigenvalue weighted by Crippen LogP contribution is 2.23. The predicted molar refractivity (Wildman–Crippen MR) is 70.6 cm³/mol. The molecular formula is C12H22N4O2. The van der Waals surface area contributed by atoms with E-state index < -0.39 is 0 Å². The Kier molecular flexibility index (Phi) is 6.92. The van der Waals surface area contributed by atoms with Gasteiger partial charge in [-0.25, -0.2) is 11.7 Å². The molecule has 102 valence electrons. The number of hydrazine groups is 2. The lowest BCUT2D eigenvalue weighted by Gasteiger charge is -2.15. The van der Waals surface area contributed by atoms with Crippen LogP contribution in [0.25, 0.3) is 0 Å². The maximum absolute atomic E-state index is 11.8. The van der Waals surface area contributed by atoms with E-state index in [0.717, 1.165) is 16.7 Å². The molecule has 0 aliphatic carbocycles. The van der Waals surface area contributed by atoms with Crippen LogP contribution in [0.15, 0.2) is 22.3 Å². The summed E-state index contributed by atoms with van der Waals surface area (Å²) in [5.74, 6) is 9.59. The summed E-state index contributed by atoms with van der Waals surface area (Å²) < 4.78 is 0. The van der Waals surface area contributed by atoms with Crippen molar-refractivity contribution < 1.29 is 9.59 Å². The van der Waals surface area contributed by atoms with Crippen molar-refractivity contribution in [3.05, 3.63) is 22.3 Å². The molecule has 0 bridgehead atoms. The molecule has 0 rings (SSSR count). The minimum atomic E-state index is -0.348. The first-order valence-electron chi connectivity index (χ1n) is 5.69. The van der Waals surface area contributed by atoms with Gasteiger partial charge in [-0.05, 0) is 39.7 Å². The number of nitrogens with one attached hydrogen (secondary N) is 2. The molecule has 0 aliphatic heterocycles. The molecule has 0 heterocycles. The SMILES string of the molecule is CC(C)=C(CCC(=O)NN)C(C(=O)NN)=C(C)C. The maximum Gasteiger partial charge on any atom is 0.265 e. The van der Waals surface area contributed by atoms with Gasteiger partial charge in [0.1, 0.15) is 0 Å². The number of rotatable bonds is 5. The second-order valence-corrected chi connectivity index (χ2v) is 4.39. The average Bonchev–Trinajstić information content (AvgIpc) is 2.31. The number of allylic oxidation sites excluding steroid dienone is 2. The Labute approximate surface area is 107 Å². The zero-order chi connectivity index (χ0) is 14.3. The third-order valence-corrected chi connectivity index (χ3v) is 2.53. The van der Waals surface area contributed by atoms with Gasteiger partial charge in [-0.3, -0.25) is 20.4 Å². The third-order valence-electron chi connectivity index (χ3n) is 2.53. The largest absolute Gasteiger partial charge is 0.294 e. The fraction of sp³-hybridized carbons (Fsp3) is 0.500. The standard InChI is InChI=1S/C12H22N4O2/c1-7(2)9(5-6-10(17)15-13)11(8(3)4)12(18)16-14/h5-6,13-14H2,1-4H3,(H,15,17)(H,16,18). The summed E-state index contributed by atoms with van der Waals surface area (Å²) in [7, 11) is 0. The van der Waals surface area contributed by atoms with Gasteiger partial charge < -0.3 is 0 Å². The van der Waals surface area contributed by atoms with E-state index in [-0.39, 0.29) is 18.2 Å². The van der Waals surface area contributed by atoms with Gasteiger partial charge in [0.2, 0.25) is 5.91 Å². The minimum absolute atomic E-state index is 0.228. The van der Waals surface area contributed by atoms with Gasteiger partial charge in [-0.2, -0.15) is 0 Å². The van der Waals surface area contributed by atoms with Gasteiger partial charge in [0, 0.05) is 12.0 Å². The van der Waals surface area contributed by atoms with E-state index in [0.29, 0.717) is 12.0 Å². The highest BCUT2D eigenvalue weighted by Gasteiger charge is 2.17. The number of hydrogen-bond donors (Lipinski definition) is 4. The fourth-order valence-corrected chi connectivity index (χ4v) is 1.67. The van der Waals surface area contributed by atoms with Gasteiger partial charge in [-0.15, -0.1) is 0 Å². The first-order valence-corrected chi connectivity index (χ1v) is 5.69. The molecule has 0 aromatic heterocycles. The van der Waals surface area contributed by atoms with Crippen LogP contribution in [0.2, 0.25) is 0 Å². The molecule has 0 aromatic rings. The molecule has 0 saturated heterocycles. The Morgan fingerprint density at radius 3 is 1.78 bits per heavy atom. The molecule has 0 fully saturated rings. The molecule has 0 aromatic carbocycles. The smallest absolute Gasteiger partial charge is 0.265 e. The van der Waals surface area contributed by atoms with Gasteiger partial charge >= 0.3 is 0 Å². The zero-order valence-electron chi connectivity index (χ0n) is 11.4. The minimum Gasteiger partial charge on any atom is -0.294 e. The number of carbonyl (C=O) groups is 2. The Hall–Kier alpha value is -1.66. The number of amides is 2. The van der Waals surface area contributed by atoms with Crippen molar-refractivity contribution in [1.29, 1.82) is 0 Å². The van der Waals surface area contributed by atoms with Gasteiger partial charge in [0.05, 0.1) is 0 Å². The Morgan fingerprint density at radius 2 is 1.44 bits per heavy atom. The molecule has 6 nitrogen and oxygen atoms in total. The van der Waals surface area contributed by atoms with Crippen molar-refractivity contribution in [2.75, 3.05) is 0 Å². The molecular weight excluding hydrogens is 232 g/mol. The first-order chi connectivity index (χ1) is 8.34. The highest BCUT2D eigenvalue weighted by atomic mass is 16.2. The molecule has 0 radical (unpaired) electrons. The summed E-state index contributed by atoms with van der Waals surface area (Å²) in [5, 5.41) is 0. The molecule has 0 spiro atoms. The lowest BCUT2D eigenvalue weighted by Crippen LogP contribution is -2.33. The van der Waals surface area contributed by atoms with Crippen molar-refractivity contribution in [1.82, 2.24) is 10.9 Å². The highest BCUT2D eigenvalue weighted by molar-refractivity contribution is 5.98. The molecule has 2 amide bonds. The lowest BCUT2D eigenvalue weighted by atomic mass is 9.93. The van der Waals surface area contributed by atoms with Crippen LogP contribution in [0, 0.1) is 0 Å². The fourth-order valence-electron chi connectivity index (χ4n) is 1.67. The van der Waals surface area contributed by atoms with E-state index in [4.69, 9.17) is 11.7 Å². The van der Waals surface area contributed by atoms with E-state index in [1.165, 1.54) is 0 Å². The van der Waals surface area contributed by atoms with Crippen LogP contribution in [-0.4, -0.2) is 11.8 Å². The summed E-state index contributed by atoms with van der Waals surface area (Å²) in [6.07, 6.45) is 0.672. The van der Waals surface area contributed by atoms with Crippen molar-refractivity contribution in [3.63, 3.8) is 0 Å². The van der Waals surface area contributed by atoms with Crippen molar-refractivity contribution >= 4 is 11.8 Å². The predicted octanol–water partition coefficient (Wildman–Crippen LogP) is 0.419. The Bertz CT molecular complexity index is 389. The van der Waals surface area contributed by atoms with E-state index in [2.05, 4.69) is 10.9 Å². The molecule has 18 heavy (non-hydrogen) atoms. The van der Waals surface area contributed by atoms with Gasteiger partial charge in [-0.1, -0.05) is 11.1 Å². The van der Waals surface area contributed by atoms with Crippen LogP contribution >= 0.6 is 0 Å². The van der Waals surface area contributed by atoms with E-state index in [1.807, 2.05) is 27.7 Å². The summed E-state index contributed by atoms with van der Waals surface area (Å²) in [4.78, 5) is 22.9. The van der Waals surface area contributed by atoms with Gasteiger partial charge in [0.25, 0.3) is 5.91 Å². The second-order valence-electron chi connectivity index (χ2n) is 4.39. The summed E-state index contributed by atoms with van der Waals surface area (Å²) in [6.45, 7) is 7.44. The maximum atomic E-state index is 11.8. The summed E-state index contributed by atoms with van der Waals surface area (Å²) >= 11 is 0. The number of nitrogens with two attached hydrogens (primary N) is 2. The van der Waals surface area contributed by atoms with Crippen LogP contribution in [0.3, 0.4) is 0 Å². The van der Waals surface area contributed by atoms with Crippen LogP contribution in [0.1, 0.15) is 40.5 Å². The first kappa shape index (κ1) is 16.3. The van der Waals surface area contributed by atoms with Crippen LogP contribution in [-0.2, 0) is 9.59 Å². The topological polar surface area (TPSA) is 110 Å². The zero-order valence-corrected chi connectivity index (χ0v) is 11.4. The number of carbonyl (C=O) groups excluding carboxylic acids is 2. The molecule has 0 atom stereocenters. The number of hydrogen-bond acceptors (Lipinski definition) is 4. The third kappa shape index (κ3) is 4.68. The van der Waals surface area contributed by atoms with Crippen LogP contribution in [0.4, 0.5) is 0 Å². The second kappa shape index (κ2) is 7.62. The molecule has 0 aliphatic rings. The molecule has 0 saturated carbocycles. The molecule has 6 heteroatoms.